The number of rotatable bonds is 5. The lowest BCUT2D eigenvalue weighted by Gasteiger charge is -2.11. The van der Waals surface area contributed by atoms with E-state index in [-0.39, 0.29) is 5.78 Å². The Labute approximate surface area is 141 Å². The maximum Gasteiger partial charge on any atom is 0.196 e. The molecule has 0 aliphatic rings. The van der Waals surface area contributed by atoms with E-state index in [1.165, 1.54) is 53.0 Å². The number of benzene rings is 2. The van der Waals surface area contributed by atoms with E-state index >= 15 is 0 Å². The van der Waals surface area contributed by atoms with Crippen molar-refractivity contribution in [2.45, 2.75) is 17.3 Å². The first kappa shape index (κ1) is 16.3. The second-order valence-corrected chi connectivity index (χ2v) is 6.37. The van der Waals surface area contributed by atoms with Crippen LogP contribution in [0.2, 0.25) is 0 Å². The van der Waals surface area contributed by atoms with E-state index in [2.05, 4.69) is 10.2 Å². The van der Waals surface area contributed by atoms with Gasteiger partial charge in [0.1, 0.15) is 18.0 Å². The van der Waals surface area contributed by atoms with Crippen LogP contribution in [-0.4, -0.2) is 25.8 Å². The molecule has 3 rings (SSSR count). The fraction of sp³-hybridized carbons (Fsp3) is 0.118. The fourth-order valence-electron chi connectivity index (χ4n) is 2.18. The molecule has 0 unspecified atom stereocenters. The van der Waals surface area contributed by atoms with Crippen LogP contribution in [0.25, 0.3) is 5.69 Å². The summed E-state index contributed by atoms with van der Waals surface area (Å²) in [6.07, 6.45) is 1.40. The molecule has 0 saturated carbocycles. The zero-order valence-electron chi connectivity index (χ0n) is 12.7. The van der Waals surface area contributed by atoms with Gasteiger partial charge < -0.3 is 0 Å². The number of hydrogen-bond acceptors (Lipinski definition) is 4. The molecule has 0 amide bonds. The Morgan fingerprint density at radius 1 is 1.12 bits per heavy atom. The number of carbonyl (C=O) groups is 1. The monoisotopic (exact) mass is 345 g/mol. The van der Waals surface area contributed by atoms with Gasteiger partial charge in [0.15, 0.2) is 10.9 Å². The molecular formula is C17H13F2N3OS. The largest absolute Gasteiger partial charge is 0.293 e. The van der Waals surface area contributed by atoms with E-state index in [0.717, 1.165) is 0 Å². The first-order valence-corrected chi connectivity index (χ1v) is 8.05. The molecule has 0 spiro atoms. The number of ketones is 1. The smallest absolute Gasteiger partial charge is 0.196 e. The highest BCUT2D eigenvalue weighted by Crippen LogP contribution is 2.26. The normalized spacial score (nSPS) is 12.1. The van der Waals surface area contributed by atoms with E-state index in [9.17, 15) is 13.6 Å². The minimum Gasteiger partial charge on any atom is -0.293 e. The summed E-state index contributed by atoms with van der Waals surface area (Å²) in [5, 5.41) is 7.69. The lowest BCUT2D eigenvalue weighted by atomic mass is 10.1. The molecule has 1 aromatic heterocycles. The van der Waals surface area contributed by atoms with Crippen LogP contribution < -0.4 is 0 Å². The predicted molar refractivity (Wildman–Crippen MR) is 87.4 cm³/mol. The summed E-state index contributed by atoms with van der Waals surface area (Å²) in [6, 6.07) is 11.6. The van der Waals surface area contributed by atoms with Crippen LogP contribution in [0.1, 0.15) is 17.3 Å². The fourth-order valence-corrected chi connectivity index (χ4v) is 3.09. The number of hydrogen-bond donors (Lipinski definition) is 0. The van der Waals surface area contributed by atoms with Crippen molar-refractivity contribution in [2.24, 2.45) is 0 Å². The standard InChI is InChI=1S/C17H13F2N3OS/c1-11(16(23)12-6-8-13(18)9-7-12)24-17-21-20-10-22(17)15-5-3-2-4-14(15)19/h2-11H,1H3/t11-/m1/s1. The molecule has 2 aromatic carbocycles. The zero-order chi connectivity index (χ0) is 17.1. The van der Waals surface area contributed by atoms with Crippen molar-refractivity contribution in [3.05, 3.63) is 72.1 Å². The predicted octanol–water partition coefficient (Wildman–Crippen LogP) is 3.91. The van der Waals surface area contributed by atoms with Crippen molar-refractivity contribution >= 4 is 17.5 Å². The van der Waals surface area contributed by atoms with Gasteiger partial charge in [-0.15, -0.1) is 10.2 Å². The van der Waals surface area contributed by atoms with Crippen LogP contribution in [0.4, 0.5) is 8.78 Å². The van der Waals surface area contributed by atoms with Gasteiger partial charge in [-0.05, 0) is 43.3 Å². The molecule has 3 aromatic rings. The number of carbonyl (C=O) groups excluding carboxylic acids is 1. The maximum absolute atomic E-state index is 13.9. The van der Waals surface area contributed by atoms with Crippen molar-refractivity contribution in [3.8, 4) is 5.69 Å². The molecule has 1 heterocycles. The van der Waals surface area contributed by atoms with Crippen LogP contribution in [0.5, 0.6) is 0 Å². The van der Waals surface area contributed by atoms with Gasteiger partial charge in [-0.1, -0.05) is 23.9 Å². The van der Waals surface area contributed by atoms with E-state index in [4.69, 9.17) is 0 Å². The third-order valence-electron chi connectivity index (χ3n) is 3.41. The van der Waals surface area contributed by atoms with Crippen molar-refractivity contribution in [1.82, 2.24) is 14.8 Å². The number of halogens is 2. The Balaban J connectivity index is 1.82. The van der Waals surface area contributed by atoms with Crippen molar-refractivity contribution < 1.29 is 13.6 Å². The van der Waals surface area contributed by atoms with Gasteiger partial charge in [0.25, 0.3) is 0 Å². The SMILES string of the molecule is C[C@@H](Sc1nncn1-c1ccccc1F)C(=O)c1ccc(F)cc1. The van der Waals surface area contributed by atoms with Gasteiger partial charge in [0.05, 0.1) is 10.9 Å². The highest BCUT2D eigenvalue weighted by Gasteiger charge is 2.20. The lowest BCUT2D eigenvalue weighted by molar-refractivity contribution is 0.0994. The molecule has 7 heteroatoms. The quantitative estimate of drug-likeness (QED) is 0.520. The molecule has 0 saturated heterocycles. The molecule has 0 aliphatic heterocycles. The van der Waals surface area contributed by atoms with Crippen LogP contribution in [0, 0.1) is 11.6 Å². The van der Waals surface area contributed by atoms with Gasteiger partial charge in [-0.25, -0.2) is 8.78 Å². The third-order valence-corrected chi connectivity index (χ3v) is 4.47. The third kappa shape index (κ3) is 3.35. The van der Waals surface area contributed by atoms with Gasteiger partial charge in [0, 0.05) is 5.56 Å². The van der Waals surface area contributed by atoms with Gasteiger partial charge in [-0.2, -0.15) is 0 Å². The van der Waals surface area contributed by atoms with Gasteiger partial charge in [0.2, 0.25) is 0 Å². The Hall–Kier alpha value is -2.54. The Bertz CT molecular complexity index is 864. The van der Waals surface area contributed by atoms with Crippen LogP contribution in [0.15, 0.2) is 60.0 Å². The molecule has 122 valence electrons. The Kier molecular flexibility index (Phi) is 4.71. The summed E-state index contributed by atoms with van der Waals surface area (Å²) in [5.74, 6) is -0.967. The molecule has 0 fully saturated rings. The van der Waals surface area contributed by atoms with Crippen LogP contribution in [-0.2, 0) is 0 Å². The highest BCUT2D eigenvalue weighted by molar-refractivity contribution is 8.00. The average Bonchev–Trinajstić information content (AvgIpc) is 3.03. The Morgan fingerprint density at radius 3 is 2.54 bits per heavy atom. The highest BCUT2D eigenvalue weighted by atomic mass is 32.2. The molecule has 24 heavy (non-hydrogen) atoms. The summed E-state index contributed by atoms with van der Waals surface area (Å²) >= 11 is 1.17. The summed E-state index contributed by atoms with van der Waals surface area (Å²) < 4.78 is 28.4. The maximum atomic E-state index is 13.9. The molecule has 0 aliphatic carbocycles. The van der Waals surface area contributed by atoms with Crippen LogP contribution >= 0.6 is 11.8 Å². The number of para-hydroxylation sites is 1. The number of aromatic nitrogens is 3. The summed E-state index contributed by atoms with van der Waals surface area (Å²) in [4.78, 5) is 12.4. The number of Topliss-reactive ketones (excluding diaryl/α,β-unsaturated/α-hetero) is 1. The average molecular weight is 345 g/mol. The second-order valence-electron chi connectivity index (χ2n) is 5.07. The number of nitrogens with zero attached hydrogens (tertiary/aromatic N) is 3. The molecule has 0 N–H and O–H groups in total. The van der Waals surface area contributed by atoms with E-state index in [1.807, 2.05) is 0 Å². The van der Waals surface area contributed by atoms with Crippen LogP contribution in [0.3, 0.4) is 0 Å². The van der Waals surface area contributed by atoms with Crippen molar-refractivity contribution in [2.75, 3.05) is 0 Å². The van der Waals surface area contributed by atoms with E-state index in [1.54, 1.807) is 25.1 Å². The molecule has 1 atom stereocenters. The molecule has 4 nitrogen and oxygen atoms in total. The summed E-state index contributed by atoms with van der Waals surface area (Å²) in [7, 11) is 0. The van der Waals surface area contributed by atoms with E-state index in [0.29, 0.717) is 16.4 Å². The molecule has 0 bridgehead atoms. The van der Waals surface area contributed by atoms with Gasteiger partial charge in [-0.3, -0.25) is 9.36 Å². The first-order chi connectivity index (χ1) is 11.6. The van der Waals surface area contributed by atoms with Gasteiger partial charge >= 0.3 is 0 Å². The zero-order valence-corrected chi connectivity index (χ0v) is 13.5. The number of thioether (sulfide) groups is 1. The topological polar surface area (TPSA) is 47.8 Å². The lowest BCUT2D eigenvalue weighted by Crippen LogP contribution is -2.14. The Morgan fingerprint density at radius 2 is 1.83 bits per heavy atom. The van der Waals surface area contributed by atoms with E-state index < -0.39 is 16.9 Å². The molecule has 0 radical (unpaired) electrons. The summed E-state index contributed by atoms with van der Waals surface area (Å²) in [5.41, 5.74) is 0.722. The first-order valence-electron chi connectivity index (χ1n) is 7.17. The minimum absolute atomic E-state index is 0.164. The minimum atomic E-state index is -0.481. The second kappa shape index (κ2) is 6.92. The molecular weight excluding hydrogens is 332 g/mol. The van der Waals surface area contributed by atoms with Crippen molar-refractivity contribution in [3.63, 3.8) is 0 Å². The van der Waals surface area contributed by atoms with Crippen molar-refractivity contribution in [1.29, 1.82) is 0 Å². The summed E-state index contributed by atoms with van der Waals surface area (Å²) in [6.45, 7) is 1.72.